The smallest absolute Gasteiger partial charge is 0.317 e. The zero-order valence-corrected chi connectivity index (χ0v) is 19.0. The number of esters is 1. The molecule has 0 aromatic heterocycles. The third-order valence-electron chi connectivity index (χ3n) is 5.83. The average Bonchev–Trinajstić information content (AvgIpc) is 2.69. The summed E-state index contributed by atoms with van der Waals surface area (Å²) in [5.41, 5.74) is 0.942. The Kier molecular flexibility index (Phi) is 12.9. The molecule has 0 saturated carbocycles. The molecule has 1 aromatic rings. The Balaban J connectivity index is 2.62. The third-order valence-corrected chi connectivity index (χ3v) is 5.83. The Bertz CT molecular complexity index is 520. The molecular weight excluding hydrogens is 344 g/mol. The Hall–Kier alpha value is -1.31. The van der Waals surface area contributed by atoms with E-state index >= 15 is 0 Å². The van der Waals surface area contributed by atoms with E-state index in [9.17, 15) is 4.79 Å². The van der Waals surface area contributed by atoms with Crippen LogP contribution in [-0.2, 0) is 11.2 Å². The topological polar surface area (TPSA) is 26.3 Å². The average molecular weight is 389 g/mol. The van der Waals surface area contributed by atoms with Gasteiger partial charge in [0.05, 0.1) is 5.41 Å². The van der Waals surface area contributed by atoms with Crippen LogP contribution in [0.5, 0.6) is 5.75 Å². The fraction of sp³-hybridized carbons (Fsp3) is 0.731. The lowest BCUT2D eigenvalue weighted by atomic mass is 9.79. The second-order valence-corrected chi connectivity index (χ2v) is 8.67. The lowest BCUT2D eigenvalue weighted by molar-refractivity contribution is -0.146. The minimum absolute atomic E-state index is 0.0409. The summed E-state index contributed by atoms with van der Waals surface area (Å²) in [6.45, 7) is 8.78. The van der Waals surface area contributed by atoms with E-state index < -0.39 is 0 Å². The Morgan fingerprint density at radius 3 is 1.79 bits per heavy atom. The van der Waals surface area contributed by atoms with Gasteiger partial charge in [0.2, 0.25) is 0 Å². The number of hydrogen-bond acceptors (Lipinski definition) is 2. The van der Waals surface area contributed by atoms with Crippen molar-refractivity contribution in [3.63, 3.8) is 0 Å². The quantitative estimate of drug-likeness (QED) is 0.162. The van der Waals surface area contributed by atoms with Crippen LogP contribution < -0.4 is 4.74 Å². The molecule has 28 heavy (non-hydrogen) atoms. The zero-order chi connectivity index (χ0) is 20.7. The van der Waals surface area contributed by atoms with Gasteiger partial charge in [-0.1, -0.05) is 104 Å². The Labute approximate surface area is 174 Å². The summed E-state index contributed by atoms with van der Waals surface area (Å²) >= 11 is 0. The van der Waals surface area contributed by atoms with Crippen molar-refractivity contribution in [3.8, 4) is 5.75 Å². The number of hydrogen-bond donors (Lipinski definition) is 0. The molecule has 0 amide bonds. The molecule has 1 unspecified atom stereocenters. The first-order valence-electron chi connectivity index (χ1n) is 11.9. The summed E-state index contributed by atoms with van der Waals surface area (Å²) in [4.78, 5) is 13.1. The van der Waals surface area contributed by atoms with E-state index in [2.05, 4.69) is 39.8 Å². The Morgan fingerprint density at radius 2 is 1.25 bits per heavy atom. The lowest BCUT2D eigenvalue weighted by Gasteiger charge is -2.27. The molecule has 0 bridgehead atoms. The third kappa shape index (κ3) is 9.75. The highest BCUT2D eigenvalue weighted by atomic mass is 16.5. The second-order valence-electron chi connectivity index (χ2n) is 8.67. The van der Waals surface area contributed by atoms with Gasteiger partial charge in [-0.2, -0.15) is 0 Å². The molecule has 2 heteroatoms. The number of aryl methyl sites for hydroxylation is 1. The van der Waals surface area contributed by atoms with Crippen LogP contribution in [0, 0.1) is 5.41 Å². The van der Waals surface area contributed by atoms with E-state index in [1.165, 1.54) is 56.9 Å². The largest absolute Gasteiger partial charge is 0.426 e. The van der Waals surface area contributed by atoms with E-state index in [1.807, 2.05) is 12.1 Å². The van der Waals surface area contributed by atoms with Crippen LogP contribution in [0.15, 0.2) is 24.3 Å². The summed E-state index contributed by atoms with van der Waals surface area (Å²) < 4.78 is 5.83. The lowest BCUT2D eigenvalue weighted by Crippen LogP contribution is -2.32. The van der Waals surface area contributed by atoms with Crippen LogP contribution in [0.4, 0.5) is 0 Å². The van der Waals surface area contributed by atoms with Gasteiger partial charge in [0.25, 0.3) is 0 Å². The van der Waals surface area contributed by atoms with Crippen molar-refractivity contribution in [1.82, 2.24) is 0 Å². The maximum Gasteiger partial charge on any atom is 0.317 e. The predicted molar refractivity (Wildman–Crippen MR) is 121 cm³/mol. The van der Waals surface area contributed by atoms with Crippen molar-refractivity contribution in [2.24, 2.45) is 5.41 Å². The molecule has 0 aliphatic heterocycles. The van der Waals surface area contributed by atoms with E-state index in [1.54, 1.807) is 0 Å². The van der Waals surface area contributed by atoms with E-state index in [4.69, 9.17) is 4.74 Å². The minimum atomic E-state index is -0.361. The summed E-state index contributed by atoms with van der Waals surface area (Å²) in [7, 11) is 0. The highest BCUT2D eigenvalue weighted by Crippen LogP contribution is 2.33. The van der Waals surface area contributed by atoms with Gasteiger partial charge in [-0.25, -0.2) is 0 Å². The number of carbonyl (C=O) groups is 1. The number of unbranched alkanes of at least 4 members (excludes halogenated alkanes) is 8. The molecule has 160 valence electrons. The number of benzene rings is 1. The highest BCUT2D eigenvalue weighted by Gasteiger charge is 2.34. The molecule has 1 aromatic carbocycles. The maximum absolute atomic E-state index is 13.1. The molecule has 1 rings (SSSR count). The van der Waals surface area contributed by atoms with Gasteiger partial charge < -0.3 is 4.74 Å². The molecule has 0 heterocycles. The normalized spacial score (nSPS) is 13.3. The zero-order valence-electron chi connectivity index (χ0n) is 19.0. The summed E-state index contributed by atoms with van der Waals surface area (Å²) in [5, 5.41) is 0. The van der Waals surface area contributed by atoms with Gasteiger partial charge in [0, 0.05) is 0 Å². The van der Waals surface area contributed by atoms with Crippen molar-refractivity contribution in [2.75, 3.05) is 0 Å². The van der Waals surface area contributed by atoms with Crippen LogP contribution in [0.2, 0.25) is 0 Å². The van der Waals surface area contributed by atoms with Crippen LogP contribution in [0.25, 0.3) is 0 Å². The van der Waals surface area contributed by atoms with Gasteiger partial charge in [0.1, 0.15) is 5.75 Å². The van der Waals surface area contributed by atoms with Gasteiger partial charge in [-0.05, 0) is 43.9 Å². The number of carbonyl (C=O) groups excluding carboxylic acids is 1. The molecule has 0 aliphatic carbocycles. The van der Waals surface area contributed by atoms with Gasteiger partial charge >= 0.3 is 5.97 Å². The van der Waals surface area contributed by atoms with Crippen molar-refractivity contribution >= 4 is 5.97 Å². The molecule has 0 radical (unpaired) electrons. The first-order valence-corrected chi connectivity index (χ1v) is 11.9. The van der Waals surface area contributed by atoms with Gasteiger partial charge in [-0.15, -0.1) is 0 Å². The fourth-order valence-electron chi connectivity index (χ4n) is 3.81. The van der Waals surface area contributed by atoms with E-state index in [-0.39, 0.29) is 11.4 Å². The summed E-state index contributed by atoms with van der Waals surface area (Å²) in [6.07, 6.45) is 16.4. The summed E-state index contributed by atoms with van der Waals surface area (Å²) in [6, 6.07) is 8.06. The molecule has 0 spiro atoms. The van der Waals surface area contributed by atoms with Gasteiger partial charge in [-0.3, -0.25) is 4.79 Å². The van der Waals surface area contributed by atoms with Crippen molar-refractivity contribution < 1.29 is 9.53 Å². The van der Waals surface area contributed by atoms with E-state index in [0.717, 1.165) is 38.5 Å². The monoisotopic (exact) mass is 388 g/mol. The van der Waals surface area contributed by atoms with Gasteiger partial charge in [0.15, 0.2) is 0 Å². The predicted octanol–water partition coefficient (Wildman–Crippen LogP) is 8.27. The fourth-order valence-corrected chi connectivity index (χ4v) is 3.81. The second kappa shape index (κ2) is 14.7. The first-order chi connectivity index (χ1) is 13.6. The Morgan fingerprint density at radius 1 is 0.750 bits per heavy atom. The molecule has 1 atom stereocenters. The van der Waals surface area contributed by atoms with Crippen molar-refractivity contribution in [1.29, 1.82) is 0 Å². The molecule has 0 saturated heterocycles. The molecule has 0 aliphatic rings. The standard InChI is InChI=1S/C26H44O2/c1-5-8-10-12-13-15-22-26(4,21-14-11-9-6-2)25(27)28-24-19-17-23(16-7-3)18-20-24/h17-20H,5-16,21-22H2,1-4H3. The molecule has 0 fully saturated rings. The highest BCUT2D eigenvalue weighted by molar-refractivity contribution is 5.78. The van der Waals surface area contributed by atoms with Crippen LogP contribution in [0.3, 0.4) is 0 Å². The SMILES string of the molecule is CCCCCCCCC(C)(CCCCCC)C(=O)Oc1ccc(CCC)cc1. The van der Waals surface area contributed by atoms with Crippen molar-refractivity contribution in [3.05, 3.63) is 29.8 Å². The maximum atomic E-state index is 13.1. The van der Waals surface area contributed by atoms with Crippen molar-refractivity contribution in [2.45, 2.75) is 118 Å². The molecule has 2 nitrogen and oxygen atoms in total. The number of rotatable bonds is 16. The minimum Gasteiger partial charge on any atom is -0.426 e. The van der Waals surface area contributed by atoms with Crippen LogP contribution in [-0.4, -0.2) is 5.97 Å². The first kappa shape index (κ1) is 24.7. The molecular formula is C26H44O2. The van der Waals surface area contributed by atoms with E-state index in [0.29, 0.717) is 5.75 Å². The number of ether oxygens (including phenoxy) is 1. The molecule has 0 N–H and O–H groups in total. The van der Waals surface area contributed by atoms with Crippen LogP contribution >= 0.6 is 0 Å². The summed E-state index contributed by atoms with van der Waals surface area (Å²) in [5.74, 6) is 0.647. The van der Waals surface area contributed by atoms with Crippen LogP contribution in [0.1, 0.15) is 117 Å².